The maximum Gasteiger partial charge on any atom is 0.247 e. The summed E-state index contributed by atoms with van der Waals surface area (Å²) in [6.45, 7) is 8.38. The van der Waals surface area contributed by atoms with Gasteiger partial charge in [-0.2, -0.15) is 0 Å². The Hall–Kier alpha value is -2.62. The molecule has 2 aromatic carbocycles. The number of hydrogen-bond acceptors (Lipinski definition) is 3. The van der Waals surface area contributed by atoms with Crippen molar-refractivity contribution in [3.05, 3.63) is 96.1 Å². The number of fused-ring (bicyclic) bond motifs is 1. The van der Waals surface area contributed by atoms with Crippen LogP contribution >= 0.6 is 0 Å². The molecule has 3 aliphatic rings. The molecule has 1 saturated heterocycles. The molecule has 5 rings (SSSR count). The molecular weight excluding hydrogens is 372 g/mol. The summed E-state index contributed by atoms with van der Waals surface area (Å²) < 4.78 is 20.1. The van der Waals surface area contributed by atoms with Crippen LogP contribution in [0.3, 0.4) is 0 Å². The third-order valence-corrected chi connectivity index (χ3v) is 6.58. The van der Waals surface area contributed by atoms with Gasteiger partial charge in [-0.25, -0.2) is 0 Å². The van der Waals surface area contributed by atoms with Gasteiger partial charge in [0.2, 0.25) is 5.79 Å². The van der Waals surface area contributed by atoms with Gasteiger partial charge < -0.3 is 14.2 Å². The maximum atomic E-state index is 6.84. The number of benzene rings is 2. The Bertz CT molecular complexity index is 1010. The van der Waals surface area contributed by atoms with E-state index in [-0.39, 0.29) is 6.10 Å². The molecule has 1 aliphatic heterocycles. The molecule has 0 saturated carbocycles. The van der Waals surface area contributed by atoms with E-state index in [1.807, 2.05) is 36.4 Å². The van der Waals surface area contributed by atoms with Gasteiger partial charge in [0, 0.05) is 12.8 Å². The third-order valence-electron chi connectivity index (χ3n) is 6.58. The number of hydrogen-bond donors (Lipinski definition) is 0. The van der Waals surface area contributed by atoms with Crippen LogP contribution in [-0.2, 0) is 9.47 Å². The normalized spacial score (nSPS) is 32.5. The van der Waals surface area contributed by atoms with Gasteiger partial charge in [-0.05, 0) is 61.1 Å². The molecule has 2 aliphatic carbocycles. The summed E-state index contributed by atoms with van der Waals surface area (Å²) in [7, 11) is 0. The van der Waals surface area contributed by atoms with Crippen molar-refractivity contribution in [3.8, 4) is 5.75 Å². The SMILES string of the molecule is C=C(C)[C@@H]1CC=C(C)[C@]2(C1)O[C@@H]1C=C(c3ccccc3)C[C@]1(Oc1ccccc1)O2. The highest BCUT2D eigenvalue weighted by molar-refractivity contribution is 5.70. The summed E-state index contributed by atoms with van der Waals surface area (Å²) in [5.41, 5.74) is 4.67. The first-order valence-electron chi connectivity index (χ1n) is 10.7. The van der Waals surface area contributed by atoms with E-state index in [1.165, 1.54) is 16.7 Å². The molecule has 0 aromatic heterocycles. The van der Waals surface area contributed by atoms with Crippen LogP contribution in [0.4, 0.5) is 0 Å². The number of para-hydroxylation sites is 1. The summed E-state index contributed by atoms with van der Waals surface area (Å²) in [4.78, 5) is 0. The fourth-order valence-electron chi connectivity index (χ4n) is 4.80. The van der Waals surface area contributed by atoms with Crippen LogP contribution in [0, 0.1) is 5.92 Å². The van der Waals surface area contributed by atoms with Crippen molar-refractivity contribution in [2.45, 2.75) is 50.8 Å². The minimum absolute atomic E-state index is 0.278. The van der Waals surface area contributed by atoms with E-state index in [4.69, 9.17) is 14.2 Å². The monoisotopic (exact) mass is 400 g/mol. The van der Waals surface area contributed by atoms with Gasteiger partial charge in [0.05, 0.1) is 0 Å². The molecular formula is C27H28O3. The summed E-state index contributed by atoms with van der Waals surface area (Å²) in [6.07, 6.45) is 6.55. The lowest BCUT2D eigenvalue weighted by Gasteiger charge is -2.38. The molecule has 0 unspecified atom stereocenters. The lowest BCUT2D eigenvalue weighted by Crippen LogP contribution is -2.44. The second kappa shape index (κ2) is 7.26. The molecule has 1 spiro atoms. The lowest BCUT2D eigenvalue weighted by atomic mass is 9.82. The van der Waals surface area contributed by atoms with Gasteiger partial charge in [-0.15, -0.1) is 0 Å². The molecule has 154 valence electrons. The lowest BCUT2D eigenvalue weighted by molar-refractivity contribution is -0.222. The quantitative estimate of drug-likeness (QED) is 0.564. The van der Waals surface area contributed by atoms with E-state index in [2.05, 4.69) is 56.8 Å². The predicted octanol–water partition coefficient (Wildman–Crippen LogP) is 6.29. The van der Waals surface area contributed by atoms with Crippen molar-refractivity contribution in [1.82, 2.24) is 0 Å². The molecule has 3 nitrogen and oxygen atoms in total. The fraction of sp³-hybridized carbons (Fsp3) is 0.333. The van der Waals surface area contributed by atoms with Crippen LogP contribution in [0.2, 0.25) is 0 Å². The molecule has 0 amide bonds. The first kappa shape index (κ1) is 19.3. The Morgan fingerprint density at radius 3 is 2.47 bits per heavy atom. The Morgan fingerprint density at radius 2 is 1.77 bits per heavy atom. The van der Waals surface area contributed by atoms with Crippen molar-refractivity contribution in [1.29, 1.82) is 0 Å². The van der Waals surface area contributed by atoms with Crippen LogP contribution in [0.5, 0.6) is 5.75 Å². The van der Waals surface area contributed by atoms with Gasteiger partial charge in [-0.1, -0.05) is 66.8 Å². The molecule has 0 bridgehead atoms. The highest BCUT2D eigenvalue weighted by Crippen LogP contribution is 2.54. The van der Waals surface area contributed by atoms with E-state index in [0.717, 1.165) is 24.2 Å². The number of allylic oxidation sites excluding steroid dienone is 2. The predicted molar refractivity (Wildman–Crippen MR) is 119 cm³/mol. The van der Waals surface area contributed by atoms with Crippen molar-refractivity contribution in [2.24, 2.45) is 5.92 Å². The molecule has 4 atom stereocenters. The summed E-state index contributed by atoms with van der Waals surface area (Å²) >= 11 is 0. The van der Waals surface area contributed by atoms with Crippen molar-refractivity contribution >= 4 is 5.57 Å². The average molecular weight is 401 g/mol. The van der Waals surface area contributed by atoms with E-state index in [0.29, 0.717) is 12.3 Å². The standard InChI is InChI=1S/C27H28O3/c1-19(2)22-15-14-20(3)26(17-22)29-25-16-23(21-10-6-4-7-11-21)18-27(25,30-26)28-24-12-8-5-9-13-24/h4-14,16,22,25H,1,15,17-18H2,2-3H3/t22-,25-,26-,27+/m1/s1. The van der Waals surface area contributed by atoms with Gasteiger partial charge in [0.25, 0.3) is 0 Å². The zero-order valence-corrected chi connectivity index (χ0v) is 17.6. The van der Waals surface area contributed by atoms with Crippen molar-refractivity contribution < 1.29 is 14.2 Å². The number of ether oxygens (including phenoxy) is 3. The smallest absolute Gasteiger partial charge is 0.247 e. The van der Waals surface area contributed by atoms with E-state index in [9.17, 15) is 0 Å². The molecule has 1 fully saturated rings. The van der Waals surface area contributed by atoms with Gasteiger partial charge >= 0.3 is 0 Å². The highest BCUT2D eigenvalue weighted by atomic mass is 16.8. The first-order chi connectivity index (χ1) is 14.5. The average Bonchev–Trinajstić information content (AvgIpc) is 3.22. The van der Waals surface area contributed by atoms with Gasteiger partial charge in [0.15, 0.2) is 5.79 Å². The molecule has 3 heteroatoms. The van der Waals surface area contributed by atoms with Crippen LogP contribution in [0.1, 0.15) is 38.7 Å². The van der Waals surface area contributed by atoms with Crippen LogP contribution in [0.15, 0.2) is 90.5 Å². The van der Waals surface area contributed by atoms with Gasteiger partial charge in [-0.3, -0.25) is 0 Å². The minimum atomic E-state index is -0.876. The van der Waals surface area contributed by atoms with Crippen LogP contribution < -0.4 is 4.74 Å². The topological polar surface area (TPSA) is 27.7 Å². The Morgan fingerprint density at radius 1 is 1.07 bits per heavy atom. The maximum absolute atomic E-state index is 6.84. The van der Waals surface area contributed by atoms with Gasteiger partial charge in [0.1, 0.15) is 11.9 Å². The van der Waals surface area contributed by atoms with E-state index in [1.54, 1.807) is 0 Å². The second-order valence-corrected chi connectivity index (χ2v) is 8.73. The van der Waals surface area contributed by atoms with E-state index < -0.39 is 11.6 Å². The Kier molecular flexibility index (Phi) is 4.68. The summed E-state index contributed by atoms with van der Waals surface area (Å²) in [5, 5.41) is 0. The van der Waals surface area contributed by atoms with Crippen LogP contribution in [0.25, 0.3) is 5.57 Å². The van der Waals surface area contributed by atoms with Crippen LogP contribution in [-0.4, -0.2) is 17.7 Å². The first-order valence-corrected chi connectivity index (χ1v) is 10.7. The minimum Gasteiger partial charge on any atom is -0.459 e. The molecule has 0 N–H and O–H groups in total. The zero-order valence-electron chi connectivity index (χ0n) is 17.6. The summed E-state index contributed by atoms with van der Waals surface area (Å²) in [5.74, 6) is -0.503. The highest BCUT2D eigenvalue weighted by Gasteiger charge is 2.62. The summed E-state index contributed by atoms with van der Waals surface area (Å²) in [6, 6.07) is 20.3. The number of rotatable bonds is 4. The second-order valence-electron chi connectivity index (χ2n) is 8.73. The van der Waals surface area contributed by atoms with E-state index >= 15 is 0 Å². The Balaban J connectivity index is 1.53. The largest absolute Gasteiger partial charge is 0.459 e. The Labute approximate surface area is 178 Å². The van der Waals surface area contributed by atoms with Crippen molar-refractivity contribution in [3.63, 3.8) is 0 Å². The fourth-order valence-corrected chi connectivity index (χ4v) is 4.80. The molecule has 0 radical (unpaired) electrons. The molecule has 2 aromatic rings. The van der Waals surface area contributed by atoms with Crippen molar-refractivity contribution in [2.75, 3.05) is 0 Å². The third kappa shape index (κ3) is 3.23. The molecule has 1 heterocycles. The molecule has 30 heavy (non-hydrogen) atoms. The zero-order chi connectivity index (χ0) is 20.8.